The van der Waals surface area contributed by atoms with Crippen LogP contribution in [0.1, 0.15) is 13.8 Å². The maximum absolute atomic E-state index is 12.5. The predicted molar refractivity (Wildman–Crippen MR) is 84.5 cm³/mol. The van der Waals surface area contributed by atoms with E-state index in [1.807, 2.05) is 6.92 Å². The van der Waals surface area contributed by atoms with E-state index in [2.05, 4.69) is 15.9 Å². The first kappa shape index (κ1) is 16.6. The first-order chi connectivity index (χ1) is 8.78. The number of benzene rings is 1. The molecule has 1 atom stereocenters. The monoisotopic (exact) mass is 364 g/mol. The van der Waals surface area contributed by atoms with Crippen LogP contribution in [0.15, 0.2) is 33.6 Å². The van der Waals surface area contributed by atoms with Crippen molar-refractivity contribution < 1.29 is 8.42 Å². The fourth-order valence-electron chi connectivity index (χ4n) is 1.57. The molecule has 106 valence electrons. The van der Waals surface area contributed by atoms with Gasteiger partial charge in [-0.3, -0.25) is 0 Å². The number of sulfonamides is 1. The van der Waals surface area contributed by atoms with Crippen molar-refractivity contribution in [3.05, 3.63) is 28.7 Å². The average molecular weight is 365 g/mol. The lowest BCUT2D eigenvalue weighted by Gasteiger charge is -2.23. The van der Waals surface area contributed by atoms with Crippen molar-refractivity contribution in [2.75, 3.05) is 13.1 Å². The van der Waals surface area contributed by atoms with Crippen molar-refractivity contribution in [1.82, 2.24) is 4.31 Å². The van der Waals surface area contributed by atoms with Crippen LogP contribution < -0.4 is 5.73 Å². The fourth-order valence-corrected chi connectivity index (χ4v) is 3.78. The number of rotatable bonds is 6. The molecule has 1 aromatic carbocycles. The van der Waals surface area contributed by atoms with E-state index in [0.717, 1.165) is 4.47 Å². The molecule has 4 nitrogen and oxygen atoms in total. The van der Waals surface area contributed by atoms with Crippen LogP contribution in [0.3, 0.4) is 0 Å². The summed E-state index contributed by atoms with van der Waals surface area (Å²) in [4.78, 5) is 0.585. The van der Waals surface area contributed by atoms with Crippen molar-refractivity contribution in [1.29, 1.82) is 0 Å². The van der Waals surface area contributed by atoms with E-state index in [1.165, 1.54) is 4.31 Å². The van der Waals surface area contributed by atoms with E-state index < -0.39 is 10.0 Å². The summed E-state index contributed by atoms with van der Waals surface area (Å²) in [6.07, 6.45) is 0. The van der Waals surface area contributed by atoms with Gasteiger partial charge in [-0.05, 0) is 18.2 Å². The molecule has 0 radical (unpaired) electrons. The Morgan fingerprint density at radius 1 is 1.53 bits per heavy atom. The highest BCUT2D eigenvalue weighted by atomic mass is 79.9. The summed E-state index contributed by atoms with van der Waals surface area (Å²) in [5.41, 5.74) is 5.55. The molecule has 0 bridgehead atoms. The van der Waals surface area contributed by atoms with Crippen LogP contribution in [0, 0.1) is 5.92 Å². The average Bonchev–Trinajstić information content (AvgIpc) is 2.35. The molecule has 0 aliphatic carbocycles. The normalized spacial score (nSPS) is 13.5. The first-order valence-electron chi connectivity index (χ1n) is 5.84. The van der Waals surface area contributed by atoms with Gasteiger partial charge in [-0.15, -0.1) is 0 Å². The van der Waals surface area contributed by atoms with Crippen molar-refractivity contribution in [2.45, 2.75) is 18.7 Å². The van der Waals surface area contributed by atoms with Crippen molar-refractivity contribution in [3.8, 4) is 0 Å². The van der Waals surface area contributed by atoms with Crippen LogP contribution in [-0.2, 0) is 10.0 Å². The molecule has 0 saturated heterocycles. The summed E-state index contributed by atoms with van der Waals surface area (Å²) in [5.74, 6) is -0.156. The molecule has 0 heterocycles. The lowest BCUT2D eigenvalue weighted by Crippen LogP contribution is -2.38. The van der Waals surface area contributed by atoms with Gasteiger partial charge in [-0.2, -0.15) is 4.31 Å². The lowest BCUT2D eigenvalue weighted by atomic mass is 10.2. The molecule has 1 unspecified atom stereocenters. The Kier molecular flexibility index (Phi) is 5.91. The van der Waals surface area contributed by atoms with E-state index in [9.17, 15) is 8.42 Å². The summed E-state index contributed by atoms with van der Waals surface area (Å²) in [6.45, 7) is 4.28. The van der Waals surface area contributed by atoms with Gasteiger partial charge in [0.1, 0.15) is 0 Å². The quantitative estimate of drug-likeness (QED) is 0.787. The predicted octanol–water partition coefficient (Wildman–Crippen LogP) is 2.38. The minimum atomic E-state index is -3.51. The highest BCUT2D eigenvalue weighted by Gasteiger charge is 2.25. The molecule has 0 saturated carbocycles. The zero-order valence-electron chi connectivity index (χ0n) is 10.8. The number of hydrogen-bond acceptors (Lipinski definition) is 3. The van der Waals surface area contributed by atoms with Crippen LogP contribution in [0.4, 0.5) is 0 Å². The van der Waals surface area contributed by atoms with E-state index in [-0.39, 0.29) is 10.8 Å². The number of halogens is 1. The second-order valence-electron chi connectivity index (χ2n) is 4.22. The van der Waals surface area contributed by atoms with E-state index in [1.54, 1.807) is 31.2 Å². The van der Waals surface area contributed by atoms with Crippen molar-refractivity contribution >= 4 is 43.2 Å². The molecule has 1 rings (SSSR count). The highest BCUT2D eigenvalue weighted by molar-refractivity contribution is 9.10. The smallest absolute Gasteiger partial charge is 0.243 e. The third-order valence-corrected chi connectivity index (χ3v) is 5.58. The zero-order chi connectivity index (χ0) is 14.6. The van der Waals surface area contributed by atoms with Crippen LogP contribution in [0.2, 0.25) is 0 Å². The topological polar surface area (TPSA) is 63.4 Å². The van der Waals surface area contributed by atoms with Gasteiger partial charge >= 0.3 is 0 Å². The van der Waals surface area contributed by atoms with Crippen molar-refractivity contribution in [3.63, 3.8) is 0 Å². The number of hydrogen-bond donors (Lipinski definition) is 1. The summed E-state index contributed by atoms with van der Waals surface area (Å²) >= 11 is 8.17. The van der Waals surface area contributed by atoms with Gasteiger partial charge in [0.15, 0.2) is 0 Å². The maximum Gasteiger partial charge on any atom is 0.243 e. The third-order valence-electron chi connectivity index (χ3n) is 2.75. The summed E-state index contributed by atoms with van der Waals surface area (Å²) in [5, 5.41) is 0. The Morgan fingerprint density at radius 2 is 2.16 bits per heavy atom. The van der Waals surface area contributed by atoms with Gasteiger partial charge in [-0.25, -0.2) is 8.42 Å². The van der Waals surface area contributed by atoms with Gasteiger partial charge in [0, 0.05) is 23.5 Å². The Morgan fingerprint density at radius 3 is 2.63 bits per heavy atom. The van der Waals surface area contributed by atoms with E-state index in [0.29, 0.717) is 18.1 Å². The highest BCUT2D eigenvalue weighted by Crippen LogP contribution is 2.20. The SMILES string of the molecule is CCN(CC(C)C(N)=S)S(=O)(=O)c1cccc(Br)c1. The van der Waals surface area contributed by atoms with Crippen molar-refractivity contribution in [2.24, 2.45) is 11.7 Å². The van der Waals surface area contributed by atoms with E-state index in [4.69, 9.17) is 18.0 Å². The fraction of sp³-hybridized carbons (Fsp3) is 0.417. The molecular weight excluding hydrogens is 348 g/mol. The summed E-state index contributed by atoms with van der Waals surface area (Å²) in [7, 11) is -3.51. The molecule has 0 spiro atoms. The molecule has 0 aliphatic rings. The second-order valence-corrected chi connectivity index (χ2v) is 7.54. The Balaban J connectivity index is 3.06. The Labute approximate surface area is 128 Å². The number of nitrogens with zero attached hydrogens (tertiary/aromatic N) is 1. The van der Waals surface area contributed by atoms with Gasteiger partial charge in [0.05, 0.1) is 9.88 Å². The van der Waals surface area contributed by atoms with Gasteiger partial charge < -0.3 is 5.73 Å². The maximum atomic E-state index is 12.5. The molecular formula is C12H17BrN2O2S2. The molecule has 2 N–H and O–H groups in total. The first-order valence-corrected chi connectivity index (χ1v) is 8.48. The molecule has 0 amide bonds. The summed E-state index contributed by atoms with van der Waals surface area (Å²) in [6, 6.07) is 6.65. The third kappa shape index (κ3) is 4.24. The second kappa shape index (κ2) is 6.78. The lowest BCUT2D eigenvalue weighted by molar-refractivity contribution is 0.405. The molecule has 0 aliphatic heterocycles. The largest absolute Gasteiger partial charge is 0.393 e. The molecule has 1 aromatic rings. The minimum Gasteiger partial charge on any atom is -0.393 e. The standard InChI is InChI=1S/C12H17BrN2O2S2/c1-3-15(8-9(2)12(14)18)19(16,17)11-6-4-5-10(13)7-11/h4-7,9H,3,8H2,1-2H3,(H2,14,18). The van der Waals surface area contributed by atoms with Crippen LogP contribution in [0.5, 0.6) is 0 Å². The molecule has 0 fully saturated rings. The molecule has 19 heavy (non-hydrogen) atoms. The van der Waals surface area contributed by atoms with Gasteiger partial charge in [-0.1, -0.05) is 48.1 Å². The van der Waals surface area contributed by atoms with Gasteiger partial charge in [0.2, 0.25) is 10.0 Å². The van der Waals surface area contributed by atoms with Crippen LogP contribution >= 0.6 is 28.1 Å². The van der Waals surface area contributed by atoms with Crippen LogP contribution in [-0.4, -0.2) is 30.8 Å². The minimum absolute atomic E-state index is 0.156. The molecule has 0 aromatic heterocycles. The number of nitrogens with two attached hydrogens (primary N) is 1. The molecule has 7 heteroatoms. The van der Waals surface area contributed by atoms with E-state index >= 15 is 0 Å². The number of thiocarbonyl (C=S) groups is 1. The van der Waals surface area contributed by atoms with Crippen LogP contribution in [0.25, 0.3) is 0 Å². The Hall–Kier alpha value is -0.500. The summed E-state index contributed by atoms with van der Waals surface area (Å²) < 4.78 is 27.1. The zero-order valence-corrected chi connectivity index (χ0v) is 14.1. The Bertz CT molecular complexity index is 561. The van der Waals surface area contributed by atoms with Gasteiger partial charge in [0.25, 0.3) is 0 Å².